The van der Waals surface area contributed by atoms with Gasteiger partial charge in [-0.15, -0.1) is 5.10 Å². The highest BCUT2D eigenvalue weighted by Gasteiger charge is 2.22. The number of nitrogens with zero attached hydrogens (tertiary/aromatic N) is 4. The van der Waals surface area contributed by atoms with Crippen LogP contribution in [0.4, 0.5) is 0 Å². The van der Waals surface area contributed by atoms with Crippen LogP contribution in [0, 0.1) is 0 Å². The lowest BCUT2D eigenvalue weighted by Crippen LogP contribution is -2.34. The first kappa shape index (κ1) is 20.0. The maximum Gasteiger partial charge on any atom is 0.322 e. The smallest absolute Gasteiger partial charge is 0.322 e. The van der Waals surface area contributed by atoms with Crippen LogP contribution in [-0.2, 0) is 22.7 Å². The van der Waals surface area contributed by atoms with Gasteiger partial charge in [-0.2, -0.15) is 0 Å². The predicted molar refractivity (Wildman–Crippen MR) is 112 cm³/mol. The van der Waals surface area contributed by atoms with E-state index in [4.69, 9.17) is 5.11 Å². The SMILES string of the molecule is O=C(O)CNC(=O)C(=O)c1cn(Cc2cn(Cc3ccccc3)nn2)c2ccccc12. The fourth-order valence-electron chi connectivity index (χ4n) is 3.35. The van der Waals surface area contributed by atoms with Gasteiger partial charge < -0.3 is 15.0 Å². The van der Waals surface area contributed by atoms with Crippen molar-refractivity contribution in [1.82, 2.24) is 24.9 Å². The van der Waals surface area contributed by atoms with E-state index < -0.39 is 24.2 Å². The molecule has 9 nitrogen and oxygen atoms in total. The minimum atomic E-state index is -1.22. The third-order valence-electron chi connectivity index (χ3n) is 4.75. The number of Topliss-reactive ketones (excluding diaryl/α,β-unsaturated/α-hetero) is 1. The predicted octanol–water partition coefficient (Wildman–Crippen LogP) is 1.71. The number of aliphatic carboxylic acids is 1. The molecule has 0 saturated carbocycles. The van der Waals surface area contributed by atoms with E-state index in [0.29, 0.717) is 24.2 Å². The van der Waals surface area contributed by atoms with Crippen molar-refractivity contribution >= 4 is 28.6 Å². The summed E-state index contributed by atoms with van der Waals surface area (Å²) in [6, 6.07) is 17.1. The Morgan fingerprint density at radius 1 is 0.935 bits per heavy atom. The zero-order chi connectivity index (χ0) is 21.8. The van der Waals surface area contributed by atoms with Gasteiger partial charge in [-0.3, -0.25) is 14.4 Å². The molecule has 2 N–H and O–H groups in total. The molecular formula is C22H19N5O4. The van der Waals surface area contributed by atoms with E-state index in [-0.39, 0.29) is 5.56 Å². The Morgan fingerprint density at radius 3 is 2.45 bits per heavy atom. The average Bonchev–Trinajstić information content (AvgIpc) is 3.37. The van der Waals surface area contributed by atoms with Crippen LogP contribution >= 0.6 is 0 Å². The number of benzene rings is 2. The van der Waals surface area contributed by atoms with Crippen LogP contribution in [0.3, 0.4) is 0 Å². The highest BCUT2D eigenvalue weighted by molar-refractivity contribution is 6.45. The molecule has 4 aromatic rings. The summed E-state index contributed by atoms with van der Waals surface area (Å²) in [6.45, 7) is 0.334. The third kappa shape index (κ3) is 4.50. The number of carbonyl (C=O) groups excluding carboxylic acids is 2. The van der Waals surface area contributed by atoms with Crippen molar-refractivity contribution in [2.45, 2.75) is 13.1 Å². The molecule has 2 aromatic carbocycles. The molecule has 1 amide bonds. The van der Waals surface area contributed by atoms with E-state index >= 15 is 0 Å². The molecule has 0 bridgehead atoms. The van der Waals surface area contributed by atoms with Gasteiger partial charge in [0.25, 0.3) is 11.7 Å². The number of nitrogens with one attached hydrogen (secondary N) is 1. The van der Waals surface area contributed by atoms with E-state index in [1.165, 1.54) is 0 Å². The Hall–Kier alpha value is -4.27. The number of carboxylic acids is 1. The van der Waals surface area contributed by atoms with E-state index in [1.807, 2.05) is 53.2 Å². The lowest BCUT2D eigenvalue weighted by Gasteiger charge is -2.02. The molecular weight excluding hydrogens is 398 g/mol. The maximum atomic E-state index is 12.6. The second kappa shape index (κ2) is 8.62. The lowest BCUT2D eigenvalue weighted by molar-refractivity contribution is -0.137. The van der Waals surface area contributed by atoms with Crippen molar-refractivity contribution < 1.29 is 19.5 Å². The van der Waals surface area contributed by atoms with Gasteiger partial charge in [0, 0.05) is 17.1 Å². The number of rotatable bonds is 8. The summed E-state index contributed by atoms with van der Waals surface area (Å²) in [5.41, 5.74) is 2.77. The van der Waals surface area contributed by atoms with Gasteiger partial charge in [-0.1, -0.05) is 53.7 Å². The third-order valence-corrected chi connectivity index (χ3v) is 4.75. The number of hydrogen-bond donors (Lipinski definition) is 2. The first-order valence-electron chi connectivity index (χ1n) is 9.56. The van der Waals surface area contributed by atoms with E-state index in [0.717, 1.165) is 11.1 Å². The van der Waals surface area contributed by atoms with Crippen LogP contribution in [0.2, 0.25) is 0 Å². The van der Waals surface area contributed by atoms with E-state index in [1.54, 1.807) is 23.0 Å². The second-order valence-corrected chi connectivity index (χ2v) is 6.99. The zero-order valence-corrected chi connectivity index (χ0v) is 16.4. The number of ketones is 1. The van der Waals surface area contributed by atoms with Crippen molar-refractivity contribution in [3.05, 3.63) is 83.8 Å². The Labute approximate surface area is 176 Å². The monoisotopic (exact) mass is 417 g/mol. The summed E-state index contributed by atoms with van der Waals surface area (Å²) < 4.78 is 3.56. The highest BCUT2D eigenvalue weighted by atomic mass is 16.4. The number of aromatic nitrogens is 4. The molecule has 9 heteroatoms. The normalized spacial score (nSPS) is 10.8. The molecule has 0 radical (unpaired) electrons. The number of carbonyl (C=O) groups is 3. The topological polar surface area (TPSA) is 119 Å². The van der Waals surface area contributed by atoms with E-state index in [2.05, 4.69) is 15.6 Å². The molecule has 0 fully saturated rings. The fourth-order valence-corrected chi connectivity index (χ4v) is 3.35. The van der Waals surface area contributed by atoms with Crippen LogP contribution in [0.15, 0.2) is 67.0 Å². The largest absolute Gasteiger partial charge is 0.480 e. The van der Waals surface area contributed by atoms with Crippen molar-refractivity contribution in [2.75, 3.05) is 6.54 Å². The second-order valence-electron chi connectivity index (χ2n) is 6.99. The molecule has 0 atom stereocenters. The summed E-state index contributed by atoms with van der Waals surface area (Å²) in [4.78, 5) is 35.3. The Balaban J connectivity index is 1.57. The summed E-state index contributed by atoms with van der Waals surface area (Å²) in [5, 5.41) is 19.8. The number of carboxylic acid groups (broad SMARTS) is 1. The molecule has 0 aliphatic rings. The number of fused-ring (bicyclic) bond motifs is 1. The summed E-state index contributed by atoms with van der Waals surface area (Å²) in [5.74, 6) is -2.97. The van der Waals surface area contributed by atoms with Gasteiger partial charge in [0.1, 0.15) is 12.2 Å². The van der Waals surface area contributed by atoms with Crippen LogP contribution in [0.5, 0.6) is 0 Å². The Morgan fingerprint density at radius 2 is 1.68 bits per heavy atom. The minimum absolute atomic E-state index is 0.204. The minimum Gasteiger partial charge on any atom is -0.480 e. The first-order chi connectivity index (χ1) is 15.0. The zero-order valence-electron chi connectivity index (χ0n) is 16.4. The Bertz CT molecular complexity index is 1260. The molecule has 2 aromatic heterocycles. The van der Waals surface area contributed by atoms with Crippen LogP contribution in [0.1, 0.15) is 21.6 Å². The molecule has 2 heterocycles. The fraction of sp³-hybridized carbons (Fsp3) is 0.136. The molecule has 0 unspecified atom stereocenters. The van der Waals surface area contributed by atoms with Gasteiger partial charge in [-0.25, -0.2) is 4.68 Å². The van der Waals surface area contributed by atoms with Crippen LogP contribution < -0.4 is 5.32 Å². The summed E-state index contributed by atoms with van der Waals surface area (Å²) in [7, 11) is 0. The van der Waals surface area contributed by atoms with Crippen LogP contribution in [-0.4, -0.2) is 48.9 Å². The van der Waals surface area contributed by atoms with Gasteiger partial charge >= 0.3 is 5.97 Å². The van der Waals surface area contributed by atoms with Crippen molar-refractivity contribution in [3.63, 3.8) is 0 Å². The highest BCUT2D eigenvalue weighted by Crippen LogP contribution is 2.22. The van der Waals surface area contributed by atoms with Crippen molar-refractivity contribution in [3.8, 4) is 0 Å². The Kier molecular flexibility index (Phi) is 5.57. The van der Waals surface area contributed by atoms with Crippen molar-refractivity contribution in [1.29, 1.82) is 0 Å². The molecule has 0 spiro atoms. The summed E-state index contributed by atoms with van der Waals surface area (Å²) in [6.07, 6.45) is 3.42. The first-order valence-corrected chi connectivity index (χ1v) is 9.56. The average molecular weight is 417 g/mol. The molecule has 31 heavy (non-hydrogen) atoms. The van der Waals surface area contributed by atoms with Gasteiger partial charge in [0.2, 0.25) is 0 Å². The van der Waals surface area contributed by atoms with Crippen LogP contribution in [0.25, 0.3) is 10.9 Å². The van der Waals surface area contributed by atoms with Crippen molar-refractivity contribution in [2.24, 2.45) is 0 Å². The van der Waals surface area contributed by atoms with Gasteiger partial charge in [0.15, 0.2) is 0 Å². The van der Waals surface area contributed by atoms with Gasteiger partial charge in [-0.05, 0) is 11.6 Å². The maximum absolute atomic E-state index is 12.6. The molecule has 0 aliphatic carbocycles. The van der Waals surface area contributed by atoms with Gasteiger partial charge in [0.05, 0.1) is 24.8 Å². The molecule has 0 saturated heterocycles. The molecule has 4 rings (SSSR count). The standard InChI is InChI=1S/C22H19N5O4/c28-20(29)10-23-22(31)21(30)18-14-26(19-9-5-4-8-17(18)19)12-16-13-27(25-24-16)11-15-6-2-1-3-7-15/h1-9,13-14H,10-12H2,(H,23,31)(H,28,29). The molecule has 156 valence electrons. The summed E-state index contributed by atoms with van der Waals surface area (Å²) >= 11 is 0. The number of amides is 1. The lowest BCUT2D eigenvalue weighted by atomic mass is 10.1. The molecule has 0 aliphatic heterocycles. The number of hydrogen-bond acceptors (Lipinski definition) is 5. The number of para-hydroxylation sites is 1. The quantitative estimate of drug-likeness (QED) is 0.333. The van der Waals surface area contributed by atoms with E-state index in [9.17, 15) is 14.4 Å².